The molecule has 0 saturated carbocycles. The van der Waals surface area contributed by atoms with Crippen LogP contribution in [0.25, 0.3) is 10.9 Å². The summed E-state index contributed by atoms with van der Waals surface area (Å²) in [6.07, 6.45) is 2.75. The molecule has 0 amide bonds. The number of carboxylic acids is 1. The molecule has 0 bridgehead atoms. The van der Waals surface area contributed by atoms with Gasteiger partial charge >= 0.3 is 15.8 Å². The summed E-state index contributed by atoms with van der Waals surface area (Å²) in [6, 6.07) is 8.01. The maximum atomic E-state index is 14.6. The van der Waals surface area contributed by atoms with Crippen molar-refractivity contribution in [1.82, 2.24) is 4.57 Å². The summed E-state index contributed by atoms with van der Waals surface area (Å²) in [7, 11) is -3.62. The Bertz CT molecular complexity index is 1300. The highest BCUT2D eigenvalue weighted by molar-refractivity contribution is 7.91. The lowest BCUT2D eigenvalue weighted by molar-refractivity contribution is -0.137. The fourth-order valence-electron chi connectivity index (χ4n) is 4.84. The summed E-state index contributed by atoms with van der Waals surface area (Å²) in [4.78, 5) is 11.5. The maximum absolute atomic E-state index is 14.6. The number of hydrogen-bond donors (Lipinski definition) is 1. The first-order chi connectivity index (χ1) is 15.1. The number of nitrogens with zero attached hydrogens (tertiary/aromatic N) is 1. The number of carboxylic acid groups (broad SMARTS) is 1. The van der Waals surface area contributed by atoms with Gasteiger partial charge in [0.1, 0.15) is 17.4 Å². The highest BCUT2D eigenvalue weighted by Crippen LogP contribution is 2.45. The third-order valence-corrected chi connectivity index (χ3v) is 7.46. The number of aliphatic carboxylic acids is 1. The molecular weight excluding hydrogens is 460 g/mol. The summed E-state index contributed by atoms with van der Waals surface area (Å²) < 4.78 is 53.9. The van der Waals surface area contributed by atoms with Crippen LogP contribution in [0.1, 0.15) is 48.0 Å². The highest BCUT2D eigenvalue weighted by atomic mass is 35.5. The van der Waals surface area contributed by atoms with Crippen molar-refractivity contribution in [3.05, 3.63) is 64.1 Å². The molecule has 0 spiro atoms. The molecule has 0 fully saturated rings. The van der Waals surface area contributed by atoms with Gasteiger partial charge in [0, 0.05) is 22.0 Å². The average Bonchev–Trinajstić information content (AvgIpc) is 3.03. The Kier molecular flexibility index (Phi) is 6.02. The van der Waals surface area contributed by atoms with Gasteiger partial charge in [-0.2, -0.15) is 4.21 Å². The van der Waals surface area contributed by atoms with Crippen LogP contribution in [0.3, 0.4) is 0 Å². The van der Waals surface area contributed by atoms with Crippen molar-refractivity contribution in [3.63, 3.8) is 0 Å². The lowest BCUT2D eigenvalue weighted by Gasteiger charge is -2.28. The normalized spacial score (nSPS) is 18.8. The van der Waals surface area contributed by atoms with Crippen molar-refractivity contribution in [1.29, 1.82) is 0 Å². The Morgan fingerprint density at radius 3 is 2.62 bits per heavy atom. The number of carbonyl (C=O) groups is 1. The molecule has 1 heterocycles. The average molecular weight is 483 g/mol. The van der Waals surface area contributed by atoms with Crippen LogP contribution in [-0.2, 0) is 21.1 Å². The standard InChI is InChI=1S/C23H22ClF2NO4S/c1-32(30,31)20-11-16(26)10-18-17-4-2-3-14(9-21(28)29)22(17)27(23(18)20)19(12-25)13-5-7-15(24)8-6-13/h5-8,10-11,14,19H,2-4,9,12H2,1H3,(H,28,29)/p+1/t14-,19+/m1/s1. The number of fused-ring (bicyclic) bond motifs is 3. The number of alkyl halides is 1. The van der Waals surface area contributed by atoms with Crippen LogP contribution in [0, 0.1) is 5.82 Å². The number of benzene rings is 2. The fraction of sp³-hybridized carbons (Fsp3) is 0.348. The SMILES string of the molecule is CS(=O)(=[OH+])c1cc(F)cc2c3c(n([C@@H](CF)c4ccc(Cl)cc4)c12)[C@@H](CC(=O)O)CCC3. The van der Waals surface area contributed by atoms with Gasteiger partial charge in [-0.25, -0.2) is 13.0 Å². The van der Waals surface area contributed by atoms with Crippen LogP contribution in [0.4, 0.5) is 8.78 Å². The van der Waals surface area contributed by atoms with E-state index < -0.39 is 40.3 Å². The monoisotopic (exact) mass is 482 g/mol. The van der Waals surface area contributed by atoms with Crippen molar-refractivity contribution >= 4 is 38.3 Å². The summed E-state index contributed by atoms with van der Waals surface area (Å²) >= 11 is 6.00. The molecule has 2 aromatic carbocycles. The van der Waals surface area contributed by atoms with Crippen LogP contribution in [-0.4, -0.2) is 37.0 Å². The van der Waals surface area contributed by atoms with Crippen molar-refractivity contribution in [2.75, 3.05) is 12.9 Å². The molecule has 1 aliphatic carbocycles. The predicted molar refractivity (Wildman–Crippen MR) is 120 cm³/mol. The molecule has 0 radical (unpaired) electrons. The molecule has 170 valence electrons. The van der Waals surface area contributed by atoms with Crippen LogP contribution in [0.5, 0.6) is 0 Å². The van der Waals surface area contributed by atoms with Gasteiger partial charge < -0.3 is 9.67 Å². The van der Waals surface area contributed by atoms with E-state index in [0.29, 0.717) is 46.5 Å². The number of hydrogen-bond acceptors (Lipinski definition) is 2. The fourth-order valence-corrected chi connectivity index (χ4v) is 5.86. The zero-order chi connectivity index (χ0) is 23.2. The van der Waals surface area contributed by atoms with E-state index in [4.69, 9.17) is 11.6 Å². The summed E-state index contributed by atoms with van der Waals surface area (Å²) in [5, 5.41) is 10.4. The van der Waals surface area contributed by atoms with Crippen molar-refractivity contribution in [3.8, 4) is 0 Å². The van der Waals surface area contributed by atoms with Crippen molar-refractivity contribution in [2.24, 2.45) is 0 Å². The van der Waals surface area contributed by atoms with Crippen LogP contribution >= 0.6 is 11.6 Å². The molecular formula is C23H23ClF2NO4S+. The highest BCUT2D eigenvalue weighted by Gasteiger charge is 2.35. The molecule has 32 heavy (non-hydrogen) atoms. The first kappa shape index (κ1) is 22.7. The second kappa shape index (κ2) is 8.48. The molecule has 3 aromatic rings. The van der Waals surface area contributed by atoms with E-state index in [1.807, 2.05) is 0 Å². The Morgan fingerprint density at radius 1 is 1.34 bits per heavy atom. The van der Waals surface area contributed by atoms with E-state index in [9.17, 15) is 27.1 Å². The third kappa shape index (κ3) is 4.01. The van der Waals surface area contributed by atoms with E-state index in [0.717, 1.165) is 12.3 Å². The lowest BCUT2D eigenvalue weighted by Crippen LogP contribution is -2.22. The number of aromatic nitrogens is 1. The second-order valence-corrected chi connectivity index (χ2v) is 10.7. The Hall–Kier alpha value is -2.45. The first-order valence-electron chi connectivity index (χ1n) is 10.2. The smallest absolute Gasteiger partial charge is 0.304 e. The van der Waals surface area contributed by atoms with Gasteiger partial charge in [-0.05, 0) is 54.7 Å². The van der Waals surface area contributed by atoms with Crippen molar-refractivity contribution < 1.29 is 27.1 Å². The lowest BCUT2D eigenvalue weighted by atomic mass is 9.84. The zero-order valence-corrected chi connectivity index (χ0v) is 18.9. The molecule has 0 saturated heterocycles. The molecule has 0 aliphatic heterocycles. The molecule has 4 rings (SSSR count). The van der Waals surface area contributed by atoms with Crippen LogP contribution < -0.4 is 0 Å². The Balaban J connectivity index is 2.13. The van der Waals surface area contributed by atoms with Crippen LogP contribution in [0.2, 0.25) is 5.02 Å². The summed E-state index contributed by atoms with van der Waals surface area (Å²) in [5.74, 6) is -2.08. The second-order valence-electron chi connectivity index (χ2n) is 8.25. The van der Waals surface area contributed by atoms with Gasteiger partial charge in [-0.15, -0.1) is 0 Å². The Morgan fingerprint density at radius 2 is 2.03 bits per heavy atom. The van der Waals surface area contributed by atoms with Gasteiger partial charge in [0.25, 0.3) is 0 Å². The largest absolute Gasteiger partial charge is 0.481 e. The van der Waals surface area contributed by atoms with E-state index in [2.05, 4.69) is 0 Å². The molecule has 5 nitrogen and oxygen atoms in total. The van der Waals surface area contributed by atoms with E-state index in [1.54, 1.807) is 28.8 Å². The molecule has 1 aliphatic rings. The maximum Gasteiger partial charge on any atom is 0.304 e. The summed E-state index contributed by atoms with van der Waals surface area (Å²) in [5.41, 5.74) is 2.17. The molecule has 9 heteroatoms. The topological polar surface area (TPSA) is 80.7 Å². The molecule has 2 N–H and O–H groups in total. The number of halogens is 3. The van der Waals surface area contributed by atoms with Gasteiger partial charge in [0.2, 0.25) is 0 Å². The molecule has 1 aromatic heterocycles. The van der Waals surface area contributed by atoms with E-state index in [-0.39, 0.29) is 16.8 Å². The minimum atomic E-state index is -3.62. The van der Waals surface area contributed by atoms with E-state index >= 15 is 0 Å². The minimum absolute atomic E-state index is 0.122. The summed E-state index contributed by atoms with van der Waals surface area (Å²) in [6.45, 7) is -0.842. The number of rotatable bonds is 6. The third-order valence-electron chi connectivity index (χ3n) is 6.08. The first-order valence-corrected chi connectivity index (χ1v) is 12.5. The quantitative estimate of drug-likeness (QED) is 0.474. The molecule has 1 unspecified atom stereocenters. The zero-order valence-electron chi connectivity index (χ0n) is 17.4. The van der Waals surface area contributed by atoms with Gasteiger partial charge in [-0.3, -0.25) is 4.79 Å². The molecule has 3 atom stereocenters. The predicted octanol–water partition coefficient (Wildman–Crippen LogP) is 5.45. The Labute approximate surface area is 189 Å². The van der Waals surface area contributed by atoms with Crippen LogP contribution in [0.15, 0.2) is 41.3 Å². The number of aryl methyl sites for hydroxylation is 1. The van der Waals surface area contributed by atoms with Gasteiger partial charge in [0.05, 0.1) is 24.2 Å². The van der Waals surface area contributed by atoms with Gasteiger partial charge in [0.15, 0.2) is 0 Å². The minimum Gasteiger partial charge on any atom is -0.481 e. The van der Waals surface area contributed by atoms with Gasteiger partial charge in [-0.1, -0.05) is 23.7 Å². The van der Waals surface area contributed by atoms with E-state index in [1.165, 1.54) is 6.07 Å². The van der Waals surface area contributed by atoms with Crippen molar-refractivity contribution in [2.45, 2.75) is 42.5 Å².